The van der Waals surface area contributed by atoms with Gasteiger partial charge in [0.25, 0.3) is 0 Å². The van der Waals surface area contributed by atoms with Gasteiger partial charge in [-0.1, -0.05) is 24.8 Å². The van der Waals surface area contributed by atoms with E-state index in [9.17, 15) is 4.79 Å². The number of rotatable bonds is 3. The number of carbonyl (C=O) groups excluding carboxylic acids is 1. The lowest BCUT2D eigenvalue weighted by molar-refractivity contribution is 0.250. The van der Waals surface area contributed by atoms with Crippen molar-refractivity contribution in [3.05, 3.63) is 67.3 Å². The number of hydrogen-bond acceptors (Lipinski definition) is 4. The summed E-state index contributed by atoms with van der Waals surface area (Å²) in [5, 5.41) is 2.60. The van der Waals surface area contributed by atoms with E-state index in [-0.39, 0.29) is 12.0 Å². The molecule has 2 heterocycles. The summed E-state index contributed by atoms with van der Waals surface area (Å²) >= 11 is 0. The zero-order valence-corrected chi connectivity index (χ0v) is 11.1. The lowest BCUT2D eigenvalue weighted by Gasteiger charge is -2.22. The standard InChI is InChI=1S/C15H12N4O2/c1-11-7-8-19(15(20)18-11)12-9-16-14(17-10-12)21-13-5-3-2-4-6-13/h2-10H,1H2,(H,18,20). The van der Waals surface area contributed by atoms with Crippen LogP contribution in [-0.2, 0) is 0 Å². The Bertz CT molecular complexity index is 695. The van der Waals surface area contributed by atoms with E-state index in [1.54, 1.807) is 12.3 Å². The van der Waals surface area contributed by atoms with Gasteiger partial charge in [0.15, 0.2) is 0 Å². The Hall–Kier alpha value is -3.15. The number of aromatic nitrogens is 2. The molecule has 0 bridgehead atoms. The van der Waals surface area contributed by atoms with Gasteiger partial charge in [0, 0.05) is 11.9 Å². The second-order valence-corrected chi connectivity index (χ2v) is 4.28. The highest BCUT2D eigenvalue weighted by molar-refractivity contribution is 5.96. The number of para-hydroxylation sites is 1. The van der Waals surface area contributed by atoms with Gasteiger partial charge in [0.2, 0.25) is 0 Å². The van der Waals surface area contributed by atoms with Crippen LogP contribution < -0.4 is 15.0 Å². The second kappa shape index (κ2) is 5.46. The molecule has 3 rings (SSSR count). The highest BCUT2D eigenvalue weighted by Crippen LogP contribution is 2.20. The van der Waals surface area contributed by atoms with Crippen LogP contribution in [0.25, 0.3) is 0 Å². The largest absolute Gasteiger partial charge is 0.424 e. The smallest absolute Gasteiger partial charge is 0.330 e. The number of benzene rings is 1. The minimum Gasteiger partial charge on any atom is -0.424 e. The topological polar surface area (TPSA) is 67.3 Å². The second-order valence-electron chi connectivity index (χ2n) is 4.28. The van der Waals surface area contributed by atoms with Crippen LogP contribution in [0.4, 0.5) is 10.5 Å². The van der Waals surface area contributed by atoms with Gasteiger partial charge < -0.3 is 10.1 Å². The molecule has 1 aliphatic rings. The Labute approximate surface area is 121 Å². The van der Waals surface area contributed by atoms with E-state index in [0.717, 1.165) is 0 Å². The van der Waals surface area contributed by atoms with Crippen molar-refractivity contribution >= 4 is 11.7 Å². The van der Waals surface area contributed by atoms with Crippen LogP contribution >= 0.6 is 0 Å². The maximum atomic E-state index is 11.8. The number of allylic oxidation sites excluding steroid dienone is 1. The summed E-state index contributed by atoms with van der Waals surface area (Å²) in [4.78, 5) is 21.4. The SMILES string of the molecule is C=C1C=CN(c2cnc(Oc3ccccc3)nc2)C(=O)N1. The monoisotopic (exact) mass is 280 g/mol. The molecule has 0 radical (unpaired) electrons. The lowest BCUT2D eigenvalue weighted by Crippen LogP contribution is -2.38. The molecule has 0 unspecified atom stereocenters. The quantitative estimate of drug-likeness (QED) is 0.938. The molecule has 1 N–H and O–H groups in total. The summed E-state index contributed by atoms with van der Waals surface area (Å²) < 4.78 is 5.49. The molecule has 1 aromatic heterocycles. The Kier molecular flexibility index (Phi) is 3.34. The fourth-order valence-electron chi connectivity index (χ4n) is 1.76. The molecule has 6 nitrogen and oxygen atoms in total. The van der Waals surface area contributed by atoms with Gasteiger partial charge in [0.1, 0.15) is 5.75 Å². The van der Waals surface area contributed by atoms with Crippen LogP contribution in [0.1, 0.15) is 0 Å². The number of amides is 2. The number of anilines is 1. The molecule has 0 aliphatic carbocycles. The lowest BCUT2D eigenvalue weighted by atomic mass is 10.3. The van der Waals surface area contributed by atoms with Gasteiger partial charge in [-0.3, -0.25) is 4.90 Å². The molecule has 0 atom stereocenters. The summed E-state index contributed by atoms with van der Waals surface area (Å²) in [5.74, 6) is 0.650. The molecule has 104 valence electrons. The average molecular weight is 280 g/mol. The minimum atomic E-state index is -0.303. The number of hydrogen-bond donors (Lipinski definition) is 1. The highest BCUT2D eigenvalue weighted by Gasteiger charge is 2.17. The Morgan fingerprint density at radius 2 is 1.86 bits per heavy atom. The first-order valence-corrected chi connectivity index (χ1v) is 6.24. The predicted octanol–water partition coefficient (Wildman–Crippen LogP) is 2.83. The van der Waals surface area contributed by atoms with E-state index in [4.69, 9.17) is 4.74 Å². The van der Waals surface area contributed by atoms with Crippen molar-refractivity contribution < 1.29 is 9.53 Å². The third-order valence-corrected chi connectivity index (χ3v) is 2.76. The summed E-state index contributed by atoms with van der Waals surface area (Å²) in [7, 11) is 0. The Morgan fingerprint density at radius 1 is 1.14 bits per heavy atom. The van der Waals surface area contributed by atoms with Crippen molar-refractivity contribution in [2.75, 3.05) is 4.90 Å². The van der Waals surface area contributed by atoms with Crippen LogP contribution in [-0.4, -0.2) is 16.0 Å². The van der Waals surface area contributed by atoms with Gasteiger partial charge in [-0.2, -0.15) is 0 Å². The number of ether oxygens (including phenoxy) is 1. The fraction of sp³-hybridized carbons (Fsp3) is 0. The molecular weight excluding hydrogens is 268 g/mol. The van der Waals surface area contributed by atoms with E-state index in [2.05, 4.69) is 21.9 Å². The summed E-state index contributed by atoms with van der Waals surface area (Å²) in [6.07, 6.45) is 6.33. The van der Waals surface area contributed by atoms with Gasteiger partial charge in [-0.25, -0.2) is 14.8 Å². The van der Waals surface area contributed by atoms with Crippen molar-refractivity contribution in [1.82, 2.24) is 15.3 Å². The fourth-order valence-corrected chi connectivity index (χ4v) is 1.76. The third-order valence-electron chi connectivity index (χ3n) is 2.76. The van der Waals surface area contributed by atoms with Gasteiger partial charge >= 0.3 is 12.0 Å². The van der Waals surface area contributed by atoms with Crippen LogP contribution in [0.2, 0.25) is 0 Å². The average Bonchev–Trinajstić information content (AvgIpc) is 2.49. The summed E-state index contributed by atoms with van der Waals surface area (Å²) in [6, 6.07) is 9.15. The number of nitrogens with one attached hydrogen (secondary N) is 1. The first-order chi connectivity index (χ1) is 10.2. The van der Waals surface area contributed by atoms with E-state index in [1.807, 2.05) is 30.3 Å². The van der Waals surface area contributed by atoms with E-state index in [0.29, 0.717) is 17.1 Å². The molecule has 0 saturated heterocycles. The summed E-state index contributed by atoms with van der Waals surface area (Å²) in [6.45, 7) is 3.66. The van der Waals surface area contributed by atoms with Crippen LogP contribution in [0.5, 0.6) is 11.8 Å². The molecule has 21 heavy (non-hydrogen) atoms. The van der Waals surface area contributed by atoms with Crippen molar-refractivity contribution in [1.29, 1.82) is 0 Å². The zero-order chi connectivity index (χ0) is 14.7. The van der Waals surface area contributed by atoms with Gasteiger partial charge in [-0.05, 0) is 18.2 Å². The number of carbonyl (C=O) groups is 1. The Morgan fingerprint density at radius 3 is 2.52 bits per heavy atom. The van der Waals surface area contributed by atoms with E-state index in [1.165, 1.54) is 17.3 Å². The maximum Gasteiger partial charge on any atom is 0.330 e. The van der Waals surface area contributed by atoms with Crippen molar-refractivity contribution in [3.8, 4) is 11.8 Å². The molecule has 6 heteroatoms. The minimum absolute atomic E-state index is 0.218. The zero-order valence-electron chi connectivity index (χ0n) is 11.1. The molecule has 2 aromatic rings. The third kappa shape index (κ3) is 2.89. The van der Waals surface area contributed by atoms with Crippen LogP contribution in [0.15, 0.2) is 67.3 Å². The van der Waals surface area contributed by atoms with E-state index < -0.39 is 0 Å². The number of urea groups is 1. The normalized spacial score (nSPS) is 14.0. The molecule has 0 spiro atoms. The molecule has 1 aliphatic heterocycles. The van der Waals surface area contributed by atoms with Gasteiger partial charge in [0.05, 0.1) is 18.1 Å². The van der Waals surface area contributed by atoms with Gasteiger partial charge in [-0.15, -0.1) is 0 Å². The molecule has 0 fully saturated rings. The van der Waals surface area contributed by atoms with Crippen molar-refractivity contribution in [2.45, 2.75) is 0 Å². The van der Waals surface area contributed by atoms with E-state index >= 15 is 0 Å². The van der Waals surface area contributed by atoms with Crippen molar-refractivity contribution in [2.24, 2.45) is 0 Å². The highest BCUT2D eigenvalue weighted by atomic mass is 16.5. The molecule has 0 saturated carbocycles. The van der Waals surface area contributed by atoms with Crippen LogP contribution in [0, 0.1) is 0 Å². The first kappa shape index (κ1) is 12.9. The summed E-state index contributed by atoms with van der Waals surface area (Å²) in [5.41, 5.74) is 1.08. The first-order valence-electron chi connectivity index (χ1n) is 6.24. The molecular formula is C15H12N4O2. The Balaban J connectivity index is 1.77. The maximum absolute atomic E-state index is 11.8. The molecule has 2 amide bonds. The van der Waals surface area contributed by atoms with Crippen LogP contribution in [0.3, 0.4) is 0 Å². The van der Waals surface area contributed by atoms with Crippen molar-refractivity contribution in [3.63, 3.8) is 0 Å². The number of nitrogens with zero attached hydrogens (tertiary/aromatic N) is 3. The molecule has 1 aromatic carbocycles. The predicted molar refractivity (Wildman–Crippen MR) is 77.8 cm³/mol.